The molecule has 3 aromatic rings. The summed E-state index contributed by atoms with van der Waals surface area (Å²) in [7, 11) is -4.01. The molecule has 0 aliphatic rings. The van der Waals surface area contributed by atoms with Crippen LogP contribution in [-0.2, 0) is 27.7 Å². The summed E-state index contributed by atoms with van der Waals surface area (Å²) >= 11 is 0. The van der Waals surface area contributed by atoms with E-state index in [1.54, 1.807) is 30.3 Å². The Balaban J connectivity index is 1.78. The molecule has 0 radical (unpaired) electrons. The van der Waals surface area contributed by atoms with Gasteiger partial charge in [0.1, 0.15) is 6.04 Å². The fraction of sp³-hybridized carbons (Fsp3) is 0.259. The van der Waals surface area contributed by atoms with Crippen LogP contribution in [-0.4, -0.2) is 37.6 Å². The zero-order chi connectivity index (χ0) is 26.3. The van der Waals surface area contributed by atoms with Crippen molar-refractivity contribution in [3.8, 4) is 11.1 Å². The van der Waals surface area contributed by atoms with Gasteiger partial charge in [-0.15, -0.1) is 0 Å². The molecule has 4 N–H and O–H groups in total. The number of amides is 2. The van der Waals surface area contributed by atoms with Crippen molar-refractivity contribution in [1.82, 2.24) is 10.0 Å². The minimum Gasteiger partial charge on any atom is -0.480 e. The van der Waals surface area contributed by atoms with Crippen molar-refractivity contribution in [3.05, 3.63) is 83.9 Å². The highest BCUT2D eigenvalue weighted by molar-refractivity contribution is 7.89. The number of benzene rings is 3. The number of carbonyl (C=O) groups excluding carboxylic acids is 1. The van der Waals surface area contributed by atoms with Crippen LogP contribution in [0.4, 0.5) is 10.5 Å². The largest absolute Gasteiger partial charge is 0.480 e. The third-order valence-electron chi connectivity index (χ3n) is 5.48. The van der Waals surface area contributed by atoms with Gasteiger partial charge in [0.15, 0.2) is 0 Å². The number of carbonyl (C=O) groups is 2. The summed E-state index contributed by atoms with van der Waals surface area (Å²) in [5.74, 6) is -1.27. The number of anilines is 1. The molecular weight excluding hydrogens is 478 g/mol. The Bertz CT molecular complexity index is 1320. The smallest absolute Gasteiger partial charge is 0.322 e. The maximum Gasteiger partial charge on any atom is 0.322 e. The third-order valence-corrected chi connectivity index (χ3v) is 6.97. The van der Waals surface area contributed by atoms with Gasteiger partial charge in [-0.3, -0.25) is 4.79 Å². The zero-order valence-corrected chi connectivity index (χ0v) is 21.3. The number of carboxylic acid groups (broad SMARTS) is 1. The van der Waals surface area contributed by atoms with E-state index in [9.17, 15) is 23.1 Å². The molecule has 9 heteroatoms. The number of rotatable bonds is 10. The first-order valence-electron chi connectivity index (χ1n) is 11.7. The monoisotopic (exact) mass is 509 g/mol. The summed E-state index contributed by atoms with van der Waals surface area (Å²) in [6, 6.07) is 19.2. The maximum absolute atomic E-state index is 12.8. The van der Waals surface area contributed by atoms with Crippen LogP contribution in [0.5, 0.6) is 0 Å². The van der Waals surface area contributed by atoms with Crippen LogP contribution in [0.2, 0.25) is 0 Å². The zero-order valence-electron chi connectivity index (χ0n) is 20.5. The fourth-order valence-corrected chi connectivity index (χ4v) is 4.85. The molecule has 3 rings (SSSR count). The average molecular weight is 510 g/mol. The van der Waals surface area contributed by atoms with Crippen LogP contribution < -0.4 is 15.4 Å². The van der Waals surface area contributed by atoms with Gasteiger partial charge in [0.25, 0.3) is 0 Å². The number of urea groups is 1. The Labute approximate surface area is 211 Å². The summed E-state index contributed by atoms with van der Waals surface area (Å²) in [5, 5.41) is 15.3. The highest BCUT2D eigenvalue weighted by Crippen LogP contribution is 2.24. The second-order valence-corrected chi connectivity index (χ2v) is 10.5. The van der Waals surface area contributed by atoms with Gasteiger partial charge in [0.05, 0.1) is 4.90 Å². The molecule has 2 amide bonds. The molecule has 0 fully saturated rings. The van der Waals surface area contributed by atoms with Crippen molar-refractivity contribution in [2.75, 3.05) is 5.32 Å². The number of carboxylic acids is 1. The lowest BCUT2D eigenvalue weighted by Gasteiger charge is -2.16. The van der Waals surface area contributed by atoms with Crippen LogP contribution in [0.15, 0.2) is 77.7 Å². The van der Waals surface area contributed by atoms with Crippen LogP contribution in [0.25, 0.3) is 11.1 Å². The molecule has 0 unspecified atom stereocenters. The van der Waals surface area contributed by atoms with Crippen molar-refractivity contribution < 1.29 is 23.1 Å². The van der Waals surface area contributed by atoms with Gasteiger partial charge in [-0.25, -0.2) is 13.2 Å². The van der Waals surface area contributed by atoms with Crippen molar-refractivity contribution in [2.45, 2.75) is 50.6 Å². The molecular formula is C27H31N3O5S. The molecule has 0 bridgehead atoms. The highest BCUT2D eigenvalue weighted by Gasteiger charge is 2.26. The molecule has 0 heterocycles. The van der Waals surface area contributed by atoms with Crippen molar-refractivity contribution in [3.63, 3.8) is 0 Å². The van der Waals surface area contributed by atoms with Crippen molar-refractivity contribution >= 4 is 27.7 Å². The summed E-state index contributed by atoms with van der Waals surface area (Å²) < 4.78 is 27.9. The first-order chi connectivity index (χ1) is 17.1. The molecule has 190 valence electrons. The Morgan fingerprint density at radius 3 is 2.14 bits per heavy atom. The molecule has 0 spiro atoms. The predicted molar refractivity (Wildman–Crippen MR) is 140 cm³/mol. The molecule has 0 saturated heterocycles. The van der Waals surface area contributed by atoms with Crippen LogP contribution in [0.3, 0.4) is 0 Å². The van der Waals surface area contributed by atoms with Gasteiger partial charge in [-0.1, -0.05) is 55.5 Å². The van der Waals surface area contributed by atoms with E-state index >= 15 is 0 Å². The fourth-order valence-electron chi connectivity index (χ4n) is 3.66. The summed E-state index contributed by atoms with van der Waals surface area (Å²) in [6.45, 7) is 5.70. The molecule has 8 nitrogen and oxygen atoms in total. The molecule has 0 aromatic heterocycles. The summed E-state index contributed by atoms with van der Waals surface area (Å²) in [5.41, 5.74) is 3.88. The minimum absolute atomic E-state index is 0.000160. The number of nitrogens with one attached hydrogen (secondary N) is 3. The van der Waals surface area contributed by atoms with Gasteiger partial charge >= 0.3 is 12.0 Å². The van der Waals surface area contributed by atoms with Crippen LogP contribution in [0, 0.1) is 0 Å². The molecule has 1 atom stereocenters. The standard InChI is InChI=1S/C27H31N3O5S/c1-4-19-11-13-24(14-12-19)36(34,35)30-25(26(31)32)16-20-7-5-8-21(15-20)22-9-6-10-23(17-22)29-27(33)28-18(2)3/h5-15,17-18,25,30H,4,16H2,1-3H3,(H,31,32)(H2,28,29,33)/t25-/m0/s1. The number of aliphatic carboxylic acids is 1. The maximum atomic E-state index is 12.8. The lowest BCUT2D eigenvalue weighted by Crippen LogP contribution is -2.42. The van der Waals surface area contributed by atoms with Gasteiger partial charge < -0.3 is 15.7 Å². The number of sulfonamides is 1. The minimum atomic E-state index is -4.01. The highest BCUT2D eigenvalue weighted by atomic mass is 32.2. The molecule has 36 heavy (non-hydrogen) atoms. The summed E-state index contributed by atoms with van der Waals surface area (Å²) in [6.07, 6.45) is 0.732. The quantitative estimate of drug-likeness (QED) is 0.322. The van der Waals surface area contributed by atoms with E-state index in [1.807, 2.05) is 51.1 Å². The average Bonchev–Trinajstić information content (AvgIpc) is 2.83. The van der Waals surface area contributed by atoms with E-state index in [2.05, 4.69) is 15.4 Å². The predicted octanol–water partition coefficient (Wildman–Crippen LogP) is 4.42. The van der Waals surface area contributed by atoms with Gasteiger partial charge in [-0.2, -0.15) is 4.72 Å². The Morgan fingerprint density at radius 2 is 1.53 bits per heavy atom. The van der Waals surface area contributed by atoms with E-state index in [0.717, 1.165) is 23.1 Å². The van der Waals surface area contributed by atoms with Crippen LogP contribution in [0.1, 0.15) is 31.9 Å². The topological polar surface area (TPSA) is 125 Å². The van der Waals surface area contributed by atoms with Gasteiger partial charge in [-0.05, 0) is 73.2 Å². The Morgan fingerprint density at radius 1 is 0.889 bits per heavy atom. The second kappa shape index (κ2) is 11.8. The summed E-state index contributed by atoms with van der Waals surface area (Å²) in [4.78, 5) is 24.0. The van der Waals surface area contributed by atoms with E-state index in [4.69, 9.17) is 0 Å². The Kier molecular flexibility index (Phi) is 8.84. The van der Waals surface area contributed by atoms with E-state index in [1.165, 1.54) is 12.1 Å². The van der Waals surface area contributed by atoms with E-state index in [0.29, 0.717) is 11.3 Å². The number of aryl methyl sites for hydroxylation is 1. The molecule has 0 aliphatic carbocycles. The van der Waals surface area contributed by atoms with Crippen LogP contribution >= 0.6 is 0 Å². The number of hydrogen-bond acceptors (Lipinski definition) is 4. The molecule has 3 aromatic carbocycles. The normalized spacial score (nSPS) is 12.2. The lowest BCUT2D eigenvalue weighted by molar-refractivity contribution is -0.138. The van der Waals surface area contributed by atoms with Gasteiger partial charge in [0, 0.05) is 11.7 Å². The molecule has 0 aliphatic heterocycles. The van der Waals surface area contributed by atoms with Gasteiger partial charge in [0.2, 0.25) is 10.0 Å². The van der Waals surface area contributed by atoms with E-state index in [-0.39, 0.29) is 23.4 Å². The SMILES string of the molecule is CCc1ccc(S(=O)(=O)N[C@@H](Cc2cccc(-c3cccc(NC(=O)NC(C)C)c3)c2)C(=O)O)cc1. The number of hydrogen-bond donors (Lipinski definition) is 4. The van der Waals surface area contributed by atoms with E-state index < -0.39 is 22.0 Å². The van der Waals surface area contributed by atoms with Crippen molar-refractivity contribution in [1.29, 1.82) is 0 Å². The Hall–Kier alpha value is -3.69. The second-order valence-electron chi connectivity index (χ2n) is 8.75. The first-order valence-corrected chi connectivity index (χ1v) is 13.2. The third kappa shape index (κ3) is 7.40. The lowest BCUT2D eigenvalue weighted by atomic mass is 9.99. The first kappa shape index (κ1) is 26.9. The molecule has 0 saturated carbocycles. The van der Waals surface area contributed by atoms with Crippen molar-refractivity contribution in [2.24, 2.45) is 0 Å².